The number of nitrogens with one attached hydrogen (secondary N) is 1. The maximum Gasteiger partial charge on any atom is 0.348 e. The van der Waals surface area contributed by atoms with Crippen LogP contribution >= 0.6 is 22.9 Å². The molecule has 0 amide bonds. The van der Waals surface area contributed by atoms with Gasteiger partial charge in [-0.1, -0.05) is 17.7 Å². The molecule has 0 fully saturated rings. The maximum absolute atomic E-state index is 10.9. The summed E-state index contributed by atoms with van der Waals surface area (Å²) in [5, 5.41) is 15.8. The first-order chi connectivity index (χ1) is 9.08. The van der Waals surface area contributed by atoms with Crippen molar-refractivity contribution in [1.29, 1.82) is 0 Å². The Morgan fingerprint density at radius 2 is 2.37 bits per heavy atom. The van der Waals surface area contributed by atoms with E-state index in [1.54, 1.807) is 11.3 Å². The largest absolute Gasteiger partial charge is 0.361 e. The third-order valence-corrected chi connectivity index (χ3v) is 3.61. The monoisotopic (exact) mass is 298 g/mol. The van der Waals surface area contributed by atoms with Crippen molar-refractivity contribution in [2.75, 3.05) is 5.32 Å². The SMILES string of the molecule is CC(Cc1cccs1)Nc1ncnc(Cl)c1[N+](=O)[O-]. The highest BCUT2D eigenvalue weighted by atomic mass is 35.5. The molecule has 0 aliphatic heterocycles. The first-order valence-electron chi connectivity index (χ1n) is 5.51. The first-order valence-corrected chi connectivity index (χ1v) is 6.77. The van der Waals surface area contributed by atoms with Gasteiger partial charge in [-0.2, -0.15) is 0 Å². The topological polar surface area (TPSA) is 81.0 Å². The van der Waals surface area contributed by atoms with Gasteiger partial charge in [0.2, 0.25) is 11.0 Å². The fourth-order valence-electron chi connectivity index (χ4n) is 1.64. The Labute approximate surface area is 118 Å². The van der Waals surface area contributed by atoms with Crippen LogP contribution in [0.2, 0.25) is 5.15 Å². The van der Waals surface area contributed by atoms with Gasteiger partial charge in [0.05, 0.1) is 4.92 Å². The number of nitrogens with zero attached hydrogens (tertiary/aromatic N) is 3. The van der Waals surface area contributed by atoms with Gasteiger partial charge in [-0.25, -0.2) is 9.97 Å². The summed E-state index contributed by atoms with van der Waals surface area (Å²) in [7, 11) is 0. The van der Waals surface area contributed by atoms with Crippen molar-refractivity contribution in [3.63, 3.8) is 0 Å². The second-order valence-electron chi connectivity index (χ2n) is 3.95. The van der Waals surface area contributed by atoms with Crippen LogP contribution in [0.15, 0.2) is 23.8 Å². The summed E-state index contributed by atoms with van der Waals surface area (Å²) >= 11 is 7.36. The minimum absolute atomic E-state index is 0.00307. The lowest BCUT2D eigenvalue weighted by Gasteiger charge is -2.13. The summed E-state index contributed by atoms with van der Waals surface area (Å²) < 4.78 is 0. The number of aromatic nitrogens is 2. The number of hydrogen-bond acceptors (Lipinski definition) is 6. The molecule has 0 bridgehead atoms. The molecule has 2 heterocycles. The predicted octanol–water partition coefficient (Wildman–Crippen LogP) is 3.14. The van der Waals surface area contributed by atoms with E-state index >= 15 is 0 Å². The molecule has 0 aromatic carbocycles. The minimum Gasteiger partial charge on any atom is -0.361 e. The van der Waals surface area contributed by atoms with Crippen LogP contribution in [-0.4, -0.2) is 20.9 Å². The summed E-state index contributed by atoms with van der Waals surface area (Å²) in [5.41, 5.74) is -0.290. The Kier molecular flexibility index (Phi) is 4.28. The lowest BCUT2D eigenvalue weighted by molar-refractivity contribution is -0.384. The molecule has 0 spiro atoms. The molecule has 1 N–H and O–H groups in total. The Morgan fingerprint density at radius 3 is 3.00 bits per heavy atom. The normalized spacial score (nSPS) is 12.1. The highest BCUT2D eigenvalue weighted by Gasteiger charge is 2.22. The molecule has 6 nitrogen and oxygen atoms in total. The highest BCUT2D eigenvalue weighted by Crippen LogP contribution is 2.29. The zero-order valence-electron chi connectivity index (χ0n) is 10.0. The molecule has 0 aliphatic carbocycles. The molecule has 0 radical (unpaired) electrons. The van der Waals surface area contributed by atoms with Gasteiger partial charge in [0.15, 0.2) is 0 Å². The lowest BCUT2D eigenvalue weighted by atomic mass is 10.2. The van der Waals surface area contributed by atoms with Crippen LogP contribution in [0.1, 0.15) is 11.8 Å². The van der Waals surface area contributed by atoms with E-state index in [9.17, 15) is 10.1 Å². The third kappa shape index (κ3) is 3.39. The second-order valence-corrected chi connectivity index (χ2v) is 5.34. The van der Waals surface area contributed by atoms with Gasteiger partial charge in [0.1, 0.15) is 6.33 Å². The fourth-order valence-corrected chi connectivity index (χ4v) is 2.68. The van der Waals surface area contributed by atoms with Gasteiger partial charge in [0, 0.05) is 17.3 Å². The Morgan fingerprint density at radius 1 is 1.58 bits per heavy atom. The summed E-state index contributed by atoms with van der Waals surface area (Å²) in [6, 6.07) is 3.99. The van der Waals surface area contributed by atoms with Crippen LogP contribution in [0.5, 0.6) is 0 Å². The molecule has 2 rings (SSSR count). The summed E-state index contributed by atoms with van der Waals surface area (Å²) in [4.78, 5) is 19.1. The highest BCUT2D eigenvalue weighted by molar-refractivity contribution is 7.09. The number of nitro groups is 1. The molecular formula is C11H11ClN4O2S. The third-order valence-electron chi connectivity index (χ3n) is 2.43. The first kappa shape index (κ1) is 13.7. The molecule has 0 saturated carbocycles. The Balaban J connectivity index is 2.14. The standard InChI is InChI=1S/C11H11ClN4O2S/c1-7(5-8-3-2-4-19-8)15-11-9(16(17)18)10(12)13-6-14-11/h2-4,6-7H,5H2,1H3,(H,13,14,15). The van der Waals surface area contributed by atoms with Crippen LogP contribution in [0.4, 0.5) is 11.5 Å². The molecule has 8 heteroatoms. The van der Waals surface area contributed by atoms with Gasteiger partial charge in [-0.3, -0.25) is 10.1 Å². The molecule has 2 aromatic rings. The van der Waals surface area contributed by atoms with Gasteiger partial charge >= 0.3 is 5.69 Å². The number of hydrogen-bond donors (Lipinski definition) is 1. The van der Waals surface area contributed by atoms with Gasteiger partial charge < -0.3 is 5.32 Å². The molecule has 19 heavy (non-hydrogen) atoms. The van der Waals surface area contributed by atoms with E-state index in [0.717, 1.165) is 6.42 Å². The van der Waals surface area contributed by atoms with E-state index in [-0.39, 0.29) is 22.7 Å². The van der Waals surface area contributed by atoms with Crippen molar-refractivity contribution in [2.45, 2.75) is 19.4 Å². The van der Waals surface area contributed by atoms with Gasteiger partial charge in [0.25, 0.3) is 0 Å². The molecule has 0 aliphatic rings. The van der Waals surface area contributed by atoms with Crippen molar-refractivity contribution < 1.29 is 4.92 Å². The fraction of sp³-hybridized carbons (Fsp3) is 0.273. The molecular weight excluding hydrogens is 288 g/mol. The average Bonchev–Trinajstić information content (AvgIpc) is 2.81. The van der Waals surface area contributed by atoms with Crippen molar-refractivity contribution in [3.05, 3.63) is 44.0 Å². The minimum atomic E-state index is -0.581. The summed E-state index contributed by atoms with van der Waals surface area (Å²) in [5.74, 6) is 0.147. The quantitative estimate of drug-likeness (QED) is 0.521. The maximum atomic E-state index is 10.9. The van der Waals surface area contributed by atoms with Crippen molar-refractivity contribution in [3.8, 4) is 0 Å². The molecule has 100 valence electrons. The lowest BCUT2D eigenvalue weighted by Crippen LogP contribution is -2.19. The van der Waals surface area contributed by atoms with Gasteiger partial charge in [-0.05, 0) is 18.4 Å². The van der Waals surface area contributed by atoms with E-state index in [4.69, 9.17) is 11.6 Å². The van der Waals surface area contributed by atoms with E-state index in [2.05, 4.69) is 15.3 Å². The molecule has 1 atom stereocenters. The average molecular weight is 299 g/mol. The van der Waals surface area contributed by atoms with Gasteiger partial charge in [-0.15, -0.1) is 11.3 Å². The summed E-state index contributed by atoms with van der Waals surface area (Å²) in [6.07, 6.45) is 1.96. The van der Waals surface area contributed by atoms with E-state index < -0.39 is 4.92 Å². The number of anilines is 1. The van der Waals surface area contributed by atoms with E-state index in [1.165, 1.54) is 11.2 Å². The zero-order valence-corrected chi connectivity index (χ0v) is 11.6. The Hall–Kier alpha value is -1.73. The number of thiophene rings is 1. The second kappa shape index (κ2) is 5.94. The molecule has 2 aromatic heterocycles. The number of rotatable bonds is 5. The van der Waals surface area contributed by atoms with Crippen LogP contribution in [0.25, 0.3) is 0 Å². The molecule has 0 saturated heterocycles. The molecule has 1 unspecified atom stereocenters. The van der Waals surface area contributed by atoms with E-state index in [0.29, 0.717) is 0 Å². The van der Waals surface area contributed by atoms with Crippen molar-refractivity contribution in [2.24, 2.45) is 0 Å². The zero-order chi connectivity index (χ0) is 13.8. The smallest absolute Gasteiger partial charge is 0.348 e. The predicted molar refractivity (Wildman–Crippen MR) is 74.8 cm³/mol. The summed E-state index contributed by atoms with van der Waals surface area (Å²) in [6.45, 7) is 1.93. The van der Waals surface area contributed by atoms with Crippen LogP contribution < -0.4 is 5.32 Å². The van der Waals surface area contributed by atoms with E-state index in [1.807, 2.05) is 24.4 Å². The van der Waals surface area contributed by atoms with Crippen LogP contribution in [0.3, 0.4) is 0 Å². The van der Waals surface area contributed by atoms with Crippen molar-refractivity contribution >= 4 is 34.4 Å². The number of halogens is 1. The van der Waals surface area contributed by atoms with Crippen molar-refractivity contribution in [1.82, 2.24) is 9.97 Å². The van der Waals surface area contributed by atoms with Crippen LogP contribution in [0, 0.1) is 10.1 Å². The van der Waals surface area contributed by atoms with Crippen LogP contribution in [-0.2, 0) is 6.42 Å². The Bertz CT molecular complexity index is 576.